The van der Waals surface area contributed by atoms with Crippen molar-refractivity contribution in [2.24, 2.45) is 0 Å². The van der Waals surface area contributed by atoms with Gasteiger partial charge in [0.1, 0.15) is 0 Å². The lowest BCUT2D eigenvalue weighted by molar-refractivity contribution is -0.126. The molecule has 0 saturated heterocycles. The van der Waals surface area contributed by atoms with Crippen molar-refractivity contribution < 1.29 is 19.0 Å². The second-order valence-corrected chi connectivity index (χ2v) is 6.00. The number of benzene rings is 2. The van der Waals surface area contributed by atoms with Crippen molar-refractivity contribution in [1.29, 1.82) is 0 Å². The Labute approximate surface area is 141 Å². The van der Waals surface area contributed by atoms with E-state index in [-0.39, 0.29) is 24.1 Å². The molecule has 0 fully saturated rings. The first-order valence-electron chi connectivity index (χ1n) is 7.74. The van der Waals surface area contributed by atoms with Gasteiger partial charge in [-0.2, -0.15) is 0 Å². The molecule has 0 spiro atoms. The summed E-state index contributed by atoms with van der Waals surface area (Å²) < 4.78 is 18.4. The van der Waals surface area contributed by atoms with Crippen LogP contribution in [0.4, 0.5) is 4.39 Å². The molecule has 5 heteroatoms. The fraction of sp³-hybridized carbons (Fsp3) is 0.316. The highest BCUT2D eigenvalue weighted by atomic mass is 19.1. The monoisotopic (exact) mass is 331 g/mol. The summed E-state index contributed by atoms with van der Waals surface area (Å²) in [4.78, 5) is 12.3. The Morgan fingerprint density at radius 3 is 2.58 bits per heavy atom. The number of carbonyl (C=O) groups is 1. The molecule has 0 bridgehead atoms. The van der Waals surface area contributed by atoms with E-state index in [1.165, 1.54) is 13.2 Å². The Balaban J connectivity index is 2.04. The fourth-order valence-electron chi connectivity index (χ4n) is 2.53. The normalized spacial score (nSPS) is 14.5. The van der Waals surface area contributed by atoms with E-state index < -0.39 is 11.4 Å². The second-order valence-electron chi connectivity index (χ2n) is 6.00. The van der Waals surface area contributed by atoms with E-state index in [4.69, 9.17) is 4.74 Å². The van der Waals surface area contributed by atoms with Gasteiger partial charge >= 0.3 is 0 Å². The molecule has 1 amide bonds. The number of aliphatic hydroxyl groups is 1. The predicted molar refractivity (Wildman–Crippen MR) is 90.1 cm³/mol. The van der Waals surface area contributed by atoms with Crippen LogP contribution in [-0.4, -0.2) is 18.1 Å². The Kier molecular flexibility index (Phi) is 5.57. The highest BCUT2D eigenvalue weighted by molar-refractivity contribution is 5.77. The summed E-state index contributed by atoms with van der Waals surface area (Å²) in [6.45, 7) is 3.40. The molecule has 0 heterocycles. The van der Waals surface area contributed by atoms with Crippen molar-refractivity contribution in [1.82, 2.24) is 5.32 Å². The van der Waals surface area contributed by atoms with Gasteiger partial charge in [0.15, 0.2) is 11.6 Å². The minimum Gasteiger partial charge on any atom is -0.494 e. The first kappa shape index (κ1) is 17.9. The Morgan fingerprint density at radius 2 is 1.96 bits per heavy atom. The average molecular weight is 331 g/mol. The van der Waals surface area contributed by atoms with Gasteiger partial charge < -0.3 is 15.2 Å². The molecular weight excluding hydrogens is 309 g/mol. The first-order valence-corrected chi connectivity index (χ1v) is 7.74. The highest BCUT2D eigenvalue weighted by Gasteiger charge is 2.27. The van der Waals surface area contributed by atoms with E-state index in [9.17, 15) is 14.3 Å². The summed E-state index contributed by atoms with van der Waals surface area (Å²) in [5, 5.41) is 13.3. The lowest BCUT2D eigenvalue weighted by atomic mass is 9.92. The van der Waals surface area contributed by atoms with Crippen LogP contribution in [0, 0.1) is 5.82 Å². The maximum atomic E-state index is 13.5. The molecule has 24 heavy (non-hydrogen) atoms. The lowest BCUT2D eigenvalue weighted by Gasteiger charge is -2.24. The number of methoxy groups -OCH3 is 1. The van der Waals surface area contributed by atoms with Crippen molar-refractivity contribution in [2.45, 2.75) is 31.9 Å². The van der Waals surface area contributed by atoms with Gasteiger partial charge in [-0.3, -0.25) is 4.79 Å². The molecule has 0 aliphatic rings. The van der Waals surface area contributed by atoms with Gasteiger partial charge in [0.25, 0.3) is 0 Å². The number of carbonyl (C=O) groups excluding carboxylic acids is 1. The lowest BCUT2D eigenvalue weighted by Crippen LogP contribution is -2.34. The third-order valence-electron chi connectivity index (χ3n) is 3.95. The second kappa shape index (κ2) is 7.45. The van der Waals surface area contributed by atoms with E-state index >= 15 is 0 Å². The molecule has 0 radical (unpaired) electrons. The van der Waals surface area contributed by atoms with Crippen molar-refractivity contribution in [3.05, 3.63) is 65.5 Å². The maximum absolute atomic E-state index is 13.5. The van der Waals surface area contributed by atoms with Gasteiger partial charge in [0.2, 0.25) is 5.91 Å². The van der Waals surface area contributed by atoms with Crippen molar-refractivity contribution in [3.8, 4) is 5.75 Å². The smallest absolute Gasteiger partial charge is 0.223 e. The zero-order valence-electron chi connectivity index (χ0n) is 14.0. The topological polar surface area (TPSA) is 58.6 Å². The zero-order valence-corrected chi connectivity index (χ0v) is 14.0. The van der Waals surface area contributed by atoms with Crippen molar-refractivity contribution >= 4 is 5.91 Å². The van der Waals surface area contributed by atoms with Crippen LogP contribution in [0.5, 0.6) is 5.75 Å². The molecule has 0 unspecified atom stereocenters. The number of ether oxygens (including phenoxy) is 1. The minimum atomic E-state index is -1.26. The fourth-order valence-corrected chi connectivity index (χ4v) is 2.53. The minimum absolute atomic E-state index is 0.0698. The Bertz CT molecular complexity index is 701. The quantitative estimate of drug-likeness (QED) is 0.854. The number of amides is 1. The average Bonchev–Trinajstić information content (AvgIpc) is 2.55. The van der Waals surface area contributed by atoms with E-state index in [1.807, 2.05) is 18.2 Å². The number of nitrogens with one attached hydrogen (secondary N) is 1. The van der Waals surface area contributed by atoms with Gasteiger partial charge in [-0.25, -0.2) is 4.39 Å². The molecule has 2 rings (SSSR count). The summed E-state index contributed by atoms with van der Waals surface area (Å²) in [5.74, 6) is -0.615. The molecule has 2 N–H and O–H groups in total. The van der Waals surface area contributed by atoms with Gasteiger partial charge in [0, 0.05) is 0 Å². The molecule has 2 aromatic carbocycles. The Hall–Kier alpha value is -2.40. The highest BCUT2D eigenvalue weighted by Crippen LogP contribution is 2.26. The van der Waals surface area contributed by atoms with E-state index in [1.54, 1.807) is 38.1 Å². The van der Waals surface area contributed by atoms with Crippen LogP contribution in [-0.2, 0) is 10.4 Å². The van der Waals surface area contributed by atoms with Crippen molar-refractivity contribution in [3.63, 3.8) is 0 Å². The van der Waals surface area contributed by atoms with Crippen LogP contribution in [0.1, 0.15) is 37.4 Å². The van der Waals surface area contributed by atoms with E-state index in [0.717, 1.165) is 5.56 Å². The first-order chi connectivity index (χ1) is 11.3. The number of halogens is 1. The summed E-state index contributed by atoms with van der Waals surface area (Å²) in [7, 11) is 1.39. The predicted octanol–water partition coefficient (Wildman–Crippen LogP) is 3.31. The van der Waals surface area contributed by atoms with E-state index in [0.29, 0.717) is 5.56 Å². The van der Waals surface area contributed by atoms with Crippen LogP contribution in [0.3, 0.4) is 0 Å². The largest absolute Gasteiger partial charge is 0.494 e. The molecule has 0 aromatic heterocycles. The number of hydrogen-bond donors (Lipinski definition) is 2. The number of hydrogen-bond acceptors (Lipinski definition) is 3. The summed E-state index contributed by atoms with van der Waals surface area (Å²) in [6, 6.07) is 13.2. The zero-order chi connectivity index (χ0) is 17.7. The number of rotatable bonds is 6. The van der Waals surface area contributed by atoms with Crippen LogP contribution < -0.4 is 10.1 Å². The molecule has 0 aliphatic heterocycles. The summed E-state index contributed by atoms with van der Waals surface area (Å²) in [6.07, 6.45) is -0.0698. The van der Waals surface area contributed by atoms with Gasteiger partial charge in [-0.15, -0.1) is 0 Å². The molecule has 0 aliphatic carbocycles. The molecule has 0 saturated carbocycles. The molecule has 4 nitrogen and oxygen atoms in total. The SMILES string of the molecule is COc1cc([C@H](C)NC(=O)C[C@](C)(O)c2ccccc2)ccc1F. The molecule has 128 valence electrons. The Morgan fingerprint density at radius 1 is 1.29 bits per heavy atom. The van der Waals surface area contributed by atoms with Crippen LogP contribution >= 0.6 is 0 Å². The van der Waals surface area contributed by atoms with Crippen molar-refractivity contribution in [2.75, 3.05) is 7.11 Å². The molecular formula is C19H22FNO3. The molecule has 2 aromatic rings. The molecule has 2 atom stereocenters. The standard InChI is InChI=1S/C19H22FNO3/c1-13(14-9-10-16(20)17(11-14)24-3)21-18(22)12-19(2,23)15-7-5-4-6-8-15/h4-11,13,23H,12H2,1-3H3,(H,21,22)/t13-,19-/m0/s1. The maximum Gasteiger partial charge on any atom is 0.223 e. The third kappa shape index (κ3) is 4.32. The third-order valence-corrected chi connectivity index (χ3v) is 3.95. The van der Waals surface area contributed by atoms with Gasteiger partial charge in [-0.1, -0.05) is 36.4 Å². The summed E-state index contributed by atoms with van der Waals surface area (Å²) in [5.41, 5.74) is 0.142. The van der Waals surface area contributed by atoms with Crippen LogP contribution in [0.2, 0.25) is 0 Å². The van der Waals surface area contributed by atoms with Crippen LogP contribution in [0.25, 0.3) is 0 Å². The van der Waals surface area contributed by atoms with Gasteiger partial charge in [-0.05, 0) is 37.1 Å². The summed E-state index contributed by atoms with van der Waals surface area (Å²) >= 11 is 0. The van der Waals surface area contributed by atoms with Gasteiger partial charge in [0.05, 0.1) is 25.2 Å². The van der Waals surface area contributed by atoms with Crippen LogP contribution in [0.15, 0.2) is 48.5 Å². The van der Waals surface area contributed by atoms with E-state index in [2.05, 4.69) is 5.32 Å².